The zero-order valence-corrected chi connectivity index (χ0v) is 10.8. The van der Waals surface area contributed by atoms with E-state index in [9.17, 15) is 0 Å². The highest BCUT2D eigenvalue weighted by Crippen LogP contribution is 2.41. The molecule has 0 saturated heterocycles. The molecule has 0 fully saturated rings. The van der Waals surface area contributed by atoms with Gasteiger partial charge in [-0.05, 0) is 31.9 Å². The van der Waals surface area contributed by atoms with Gasteiger partial charge in [0.1, 0.15) is 11.9 Å². The third-order valence-corrected chi connectivity index (χ3v) is 3.65. The molecule has 0 aromatic heterocycles. The van der Waals surface area contributed by atoms with Gasteiger partial charge >= 0.3 is 0 Å². The quantitative estimate of drug-likeness (QED) is 0.718. The maximum Gasteiger partial charge on any atom is 0.143 e. The average molecular weight is 219 g/mol. The highest BCUT2D eigenvalue weighted by atomic mass is 16.5. The summed E-state index contributed by atoms with van der Waals surface area (Å²) in [6.07, 6.45) is 0.229. The molecule has 2 rings (SSSR count). The van der Waals surface area contributed by atoms with E-state index in [1.54, 1.807) is 0 Å². The predicted molar refractivity (Wildman–Crippen MR) is 68.2 cm³/mol. The van der Waals surface area contributed by atoms with Crippen LogP contribution >= 0.6 is 0 Å². The molecular weight excluding hydrogens is 198 g/mol. The molecule has 0 saturated carbocycles. The van der Waals surface area contributed by atoms with E-state index in [1.165, 1.54) is 5.69 Å². The Kier molecular flexibility index (Phi) is 2.61. The van der Waals surface area contributed by atoms with Gasteiger partial charge in [0, 0.05) is 7.05 Å². The summed E-state index contributed by atoms with van der Waals surface area (Å²) in [5, 5.41) is 0. The van der Waals surface area contributed by atoms with Crippen LogP contribution in [0.1, 0.15) is 27.7 Å². The van der Waals surface area contributed by atoms with Gasteiger partial charge in [-0.15, -0.1) is 0 Å². The highest BCUT2D eigenvalue weighted by molar-refractivity contribution is 5.61. The van der Waals surface area contributed by atoms with E-state index in [0.29, 0.717) is 5.92 Å². The summed E-state index contributed by atoms with van der Waals surface area (Å²) in [6.45, 7) is 8.92. The largest absolute Gasteiger partial charge is 0.486 e. The van der Waals surface area contributed by atoms with E-state index in [2.05, 4.69) is 57.8 Å². The van der Waals surface area contributed by atoms with Crippen molar-refractivity contribution in [3.8, 4) is 5.75 Å². The topological polar surface area (TPSA) is 12.5 Å². The minimum Gasteiger partial charge on any atom is -0.486 e. The third kappa shape index (κ3) is 1.57. The zero-order chi connectivity index (χ0) is 11.9. The third-order valence-electron chi connectivity index (χ3n) is 3.65. The van der Waals surface area contributed by atoms with Crippen molar-refractivity contribution in [3.05, 3.63) is 24.3 Å². The van der Waals surface area contributed by atoms with E-state index in [0.717, 1.165) is 5.75 Å². The molecule has 88 valence electrons. The molecule has 1 aliphatic heterocycles. The average Bonchev–Trinajstić information content (AvgIpc) is 2.23. The van der Waals surface area contributed by atoms with Gasteiger partial charge in [0.15, 0.2) is 0 Å². The summed E-state index contributed by atoms with van der Waals surface area (Å²) in [4.78, 5) is 2.33. The predicted octanol–water partition coefficient (Wildman–Crippen LogP) is 3.32. The van der Waals surface area contributed by atoms with Crippen molar-refractivity contribution in [2.75, 3.05) is 11.9 Å². The van der Waals surface area contributed by atoms with E-state index in [4.69, 9.17) is 4.74 Å². The first kappa shape index (κ1) is 11.3. The lowest BCUT2D eigenvalue weighted by Gasteiger charge is -2.49. The van der Waals surface area contributed by atoms with Crippen LogP contribution in [-0.2, 0) is 0 Å². The number of rotatable bonds is 1. The van der Waals surface area contributed by atoms with Crippen LogP contribution in [0.4, 0.5) is 5.69 Å². The Morgan fingerprint density at radius 2 is 1.88 bits per heavy atom. The SMILES string of the molecule is CC(C)C1Oc2ccccc2N(C)C1(C)C. The van der Waals surface area contributed by atoms with Gasteiger partial charge in [-0.1, -0.05) is 26.0 Å². The van der Waals surface area contributed by atoms with Gasteiger partial charge < -0.3 is 9.64 Å². The van der Waals surface area contributed by atoms with Crippen molar-refractivity contribution >= 4 is 5.69 Å². The standard InChI is InChI=1S/C14H21NO/c1-10(2)13-14(3,4)15(5)11-8-6-7-9-12(11)16-13/h6-10,13H,1-5H3. The number of ether oxygens (including phenoxy) is 1. The van der Waals surface area contributed by atoms with Crippen molar-refractivity contribution in [3.63, 3.8) is 0 Å². The second kappa shape index (κ2) is 3.69. The van der Waals surface area contributed by atoms with Gasteiger partial charge in [-0.2, -0.15) is 0 Å². The number of likely N-dealkylation sites (N-methyl/N-ethyl adjacent to an activating group) is 1. The van der Waals surface area contributed by atoms with Crippen molar-refractivity contribution in [2.45, 2.75) is 39.3 Å². The molecule has 1 atom stereocenters. The van der Waals surface area contributed by atoms with Crippen LogP contribution in [-0.4, -0.2) is 18.7 Å². The molecule has 0 aliphatic carbocycles. The number of anilines is 1. The lowest BCUT2D eigenvalue weighted by Crippen LogP contribution is -2.58. The normalized spacial score (nSPS) is 22.9. The van der Waals surface area contributed by atoms with E-state index in [1.807, 2.05) is 6.07 Å². The molecule has 1 aromatic rings. The maximum absolute atomic E-state index is 6.14. The fourth-order valence-electron chi connectivity index (χ4n) is 2.57. The molecule has 0 amide bonds. The van der Waals surface area contributed by atoms with Gasteiger partial charge in [-0.25, -0.2) is 0 Å². The lowest BCUT2D eigenvalue weighted by molar-refractivity contribution is 0.0697. The maximum atomic E-state index is 6.14. The van der Waals surface area contributed by atoms with Gasteiger partial charge in [0.2, 0.25) is 0 Å². The Labute approximate surface area is 98.2 Å². The summed E-state index contributed by atoms with van der Waals surface area (Å²) in [7, 11) is 2.15. The smallest absolute Gasteiger partial charge is 0.143 e. The molecule has 2 heteroatoms. The fraction of sp³-hybridized carbons (Fsp3) is 0.571. The molecule has 0 spiro atoms. The minimum absolute atomic E-state index is 0.0303. The molecule has 16 heavy (non-hydrogen) atoms. The Hall–Kier alpha value is -1.18. The Balaban J connectivity index is 2.46. The lowest BCUT2D eigenvalue weighted by atomic mass is 9.85. The summed E-state index contributed by atoms with van der Waals surface area (Å²) < 4.78 is 6.14. The number of fused-ring (bicyclic) bond motifs is 1. The van der Waals surface area contributed by atoms with Crippen LogP contribution in [0.2, 0.25) is 0 Å². The minimum atomic E-state index is 0.0303. The monoisotopic (exact) mass is 219 g/mol. The van der Waals surface area contributed by atoms with E-state index in [-0.39, 0.29) is 11.6 Å². The molecular formula is C14H21NO. The molecule has 2 nitrogen and oxygen atoms in total. The Morgan fingerprint density at radius 3 is 2.50 bits per heavy atom. The summed E-state index contributed by atoms with van der Waals surface area (Å²) in [5.41, 5.74) is 1.21. The Bertz CT molecular complexity index is 384. The molecule has 1 heterocycles. The van der Waals surface area contributed by atoms with Crippen LogP contribution < -0.4 is 9.64 Å². The van der Waals surface area contributed by atoms with Crippen LogP contribution in [0.5, 0.6) is 5.75 Å². The van der Waals surface area contributed by atoms with Gasteiger partial charge in [0.05, 0.1) is 11.2 Å². The van der Waals surface area contributed by atoms with Crippen molar-refractivity contribution in [2.24, 2.45) is 5.92 Å². The number of nitrogens with zero attached hydrogens (tertiary/aromatic N) is 1. The second-order valence-electron chi connectivity index (χ2n) is 5.46. The van der Waals surface area contributed by atoms with Crippen LogP contribution in [0.15, 0.2) is 24.3 Å². The first-order chi connectivity index (χ1) is 7.44. The van der Waals surface area contributed by atoms with Crippen LogP contribution in [0.25, 0.3) is 0 Å². The summed E-state index contributed by atoms with van der Waals surface area (Å²) in [5.74, 6) is 1.51. The number of para-hydroxylation sites is 2. The Morgan fingerprint density at radius 1 is 1.25 bits per heavy atom. The molecule has 1 unspecified atom stereocenters. The van der Waals surface area contributed by atoms with Crippen molar-refractivity contribution in [1.29, 1.82) is 0 Å². The van der Waals surface area contributed by atoms with Gasteiger partial charge in [-0.3, -0.25) is 0 Å². The fourth-order valence-corrected chi connectivity index (χ4v) is 2.57. The van der Waals surface area contributed by atoms with Crippen LogP contribution in [0, 0.1) is 5.92 Å². The molecule has 0 bridgehead atoms. The number of hydrogen-bond acceptors (Lipinski definition) is 2. The highest BCUT2D eigenvalue weighted by Gasteiger charge is 2.42. The van der Waals surface area contributed by atoms with E-state index >= 15 is 0 Å². The zero-order valence-electron chi connectivity index (χ0n) is 10.8. The first-order valence-electron chi connectivity index (χ1n) is 5.94. The molecule has 1 aromatic carbocycles. The van der Waals surface area contributed by atoms with Gasteiger partial charge in [0.25, 0.3) is 0 Å². The number of benzene rings is 1. The molecule has 1 aliphatic rings. The first-order valence-corrected chi connectivity index (χ1v) is 5.94. The van der Waals surface area contributed by atoms with Crippen molar-refractivity contribution in [1.82, 2.24) is 0 Å². The van der Waals surface area contributed by atoms with Crippen LogP contribution in [0.3, 0.4) is 0 Å². The summed E-state index contributed by atoms with van der Waals surface area (Å²) in [6, 6.07) is 8.26. The van der Waals surface area contributed by atoms with Crippen molar-refractivity contribution < 1.29 is 4.74 Å². The van der Waals surface area contributed by atoms with E-state index < -0.39 is 0 Å². The molecule has 0 N–H and O–H groups in total. The molecule has 0 radical (unpaired) electrons. The number of hydrogen-bond donors (Lipinski definition) is 0. The summed E-state index contributed by atoms with van der Waals surface area (Å²) >= 11 is 0. The second-order valence-corrected chi connectivity index (χ2v) is 5.46.